The molecule has 1 unspecified atom stereocenters. The van der Waals surface area contributed by atoms with Crippen molar-refractivity contribution >= 4 is 29.5 Å². The lowest BCUT2D eigenvalue weighted by Crippen LogP contribution is -2.48. The Morgan fingerprint density at radius 1 is 0.343 bits per heavy atom. The van der Waals surface area contributed by atoms with Gasteiger partial charge in [-0.3, -0.25) is 24.0 Å². The molecule has 1 atom stereocenters. The molecule has 0 rings (SSSR count). The third-order valence-electron chi connectivity index (χ3n) is 8.32. The third kappa shape index (κ3) is 49.0. The molecule has 394 valence electrons. The molecule has 0 aliphatic rings. The van der Waals surface area contributed by atoms with Crippen molar-refractivity contribution in [2.75, 3.05) is 212 Å². The average molecular weight is 974 g/mol. The zero-order valence-corrected chi connectivity index (χ0v) is 40.4. The molecular weight excluding hydrogens is 890 g/mol. The second kappa shape index (κ2) is 52.2. The molecule has 67 heavy (non-hydrogen) atoms. The fraction of sp³-hybridized carbons (Fsp3) is 0.884. The van der Waals surface area contributed by atoms with E-state index in [2.05, 4.69) is 26.6 Å². The van der Waals surface area contributed by atoms with Crippen molar-refractivity contribution in [3.63, 3.8) is 0 Å². The van der Waals surface area contributed by atoms with Crippen LogP contribution in [-0.4, -0.2) is 248 Å². The first-order valence-corrected chi connectivity index (χ1v) is 23.1. The van der Waals surface area contributed by atoms with Crippen molar-refractivity contribution in [3.05, 3.63) is 0 Å². The Kier molecular flexibility index (Phi) is 49.7. The number of unbranched alkanes of at least 4 members (excludes halogenated alkanes) is 1. The number of carbonyl (C=O) groups excluding carboxylic acids is 5. The lowest BCUT2D eigenvalue weighted by Gasteiger charge is -2.19. The summed E-state index contributed by atoms with van der Waals surface area (Å²) in [5.74, 6) is -1.60. The van der Waals surface area contributed by atoms with Gasteiger partial charge in [-0.05, 0) is 25.7 Å². The van der Waals surface area contributed by atoms with E-state index in [-0.39, 0.29) is 89.6 Å². The predicted molar refractivity (Wildman–Crippen MR) is 242 cm³/mol. The van der Waals surface area contributed by atoms with Crippen molar-refractivity contribution in [3.8, 4) is 0 Å². The van der Waals surface area contributed by atoms with E-state index >= 15 is 0 Å². The lowest BCUT2D eigenvalue weighted by molar-refractivity contribution is -0.132. The first-order chi connectivity index (χ1) is 32.8. The number of amides is 5. The van der Waals surface area contributed by atoms with Crippen LogP contribution in [0.25, 0.3) is 0 Å². The molecule has 0 spiro atoms. The molecule has 5 amide bonds. The molecule has 24 heteroatoms. The van der Waals surface area contributed by atoms with Crippen molar-refractivity contribution in [2.45, 2.75) is 38.6 Å². The highest BCUT2D eigenvalue weighted by Crippen LogP contribution is 2.02. The Bertz CT molecular complexity index is 1170. The van der Waals surface area contributed by atoms with Crippen LogP contribution in [0.1, 0.15) is 32.6 Å². The number of rotatable bonds is 53. The lowest BCUT2D eigenvalue weighted by atomic mass is 10.1. The molecule has 5 N–H and O–H groups in total. The van der Waals surface area contributed by atoms with E-state index in [0.717, 1.165) is 6.42 Å². The number of carbonyl (C=O) groups is 5. The van der Waals surface area contributed by atoms with Gasteiger partial charge in [-0.25, -0.2) is 0 Å². The summed E-state index contributed by atoms with van der Waals surface area (Å²) in [6, 6.07) is -0.821. The average Bonchev–Trinajstić information content (AvgIpc) is 3.32. The molecule has 0 aromatic heterocycles. The van der Waals surface area contributed by atoms with Crippen molar-refractivity contribution in [2.24, 2.45) is 0 Å². The number of nitrogens with one attached hydrogen (secondary N) is 5. The van der Waals surface area contributed by atoms with Crippen molar-refractivity contribution < 1.29 is 90.3 Å². The van der Waals surface area contributed by atoms with Gasteiger partial charge in [0.15, 0.2) is 0 Å². The Morgan fingerprint density at radius 2 is 0.657 bits per heavy atom. The van der Waals surface area contributed by atoms with Gasteiger partial charge in [-0.2, -0.15) is 0 Å². The number of ether oxygens (including phenoxy) is 14. The van der Waals surface area contributed by atoms with Crippen molar-refractivity contribution in [1.82, 2.24) is 26.6 Å². The minimum absolute atomic E-state index is 0.0561. The van der Waals surface area contributed by atoms with Gasteiger partial charge < -0.3 is 92.9 Å². The van der Waals surface area contributed by atoms with Gasteiger partial charge in [0.2, 0.25) is 29.5 Å². The van der Waals surface area contributed by atoms with Gasteiger partial charge in [0, 0.05) is 47.0 Å². The van der Waals surface area contributed by atoms with E-state index in [1.807, 2.05) is 6.92 Å². The first kappa shape index (κ1) is 63.8. The second-order valence-corrected chi connectivity index (χ2v) is 14.1. The number of methoxy groups -OCH3 is 2. The molecule has 0 aromatic rings. The van der Waals surface area contributed by atoms with Crippen LogP contribution in [0.15, 0.2) is 0 Å². The van der Waals surface area contributed by atoms with Gasteiger partial charge >= 0.3 is 0 Å². The molecule has 0 bridgehead atoms. The first-order valence-electron chi connectivity index (χ1n) is 23.1. The van der Waals surface area contributed by atoms with Crippen LogP contribution in [0.4, 0.5) is 0 Å². The van der Waals surface area contributed by atoms with Crippen LogP contribution >= 0.6 is 0 Å². The number of hydrogen-bond donors (Lipinski definition) is 5. The summed E-state index contributed by atoms with van der Waals surface area (Å²) < 4.78 is 74.2. The summed E-state index contributed by atoms with van der Waals surface area (Å²) in [7, 11) is 3.18. The molecular formula is C43H83N5O19. The Morgan fingerprint density at radius 3 is 1.04 bits per heavy atom. The fourth-order valence-electron chi connectivity index (χ4n) is 4.98. The summed E-state index contributed by atoms with van der Waals surface area (Å²) in [4.78, 5) is 61.4. The van der Waals surface area contributed by atoms with Gasteiger partial charge in [0.05, 0.1) is 139 Å². The van der Waals surface area contributed by atoms with Crippen LogP contribution in [0.5, 0.6) is 0 Å². The Balaban J connectivity index is 4.14. The smallest absolute Gasteiger partial charge is 0.246 e. The normalized spacial score (nSPS) is 11.6. The monoisotopic (exact) mass is 974 g/mol. The van der Waals surface area contributed by atoms with Gasteiger partial charge in [-0.1, -0.05) is 6.92 Å². The van der Waals surface area contributed by atoms with Crippen LogP contribution in [-0.2, 0) is 90.3 Å². The highest BCUT2D eigenvalue weighted by molar-refractivity contribution is 5.88. The third-order valence-corrected chi connectivity index (χ3v) is 8.32. The summed E-state index contributed by atoms with van der Waals surface area (Å²) in [6.07, 6.45) is 2.35. The Labute approximate surface area is 396 Å². The fourth-order valence-corrected chi connectivity index (χ4v) is 4.98. The quantitative estimate of drug-likeness (QED) is 0.0413. The zero-order chi connectivity index (χ0) is 48.9. The predicted octanol–water partition coefficient (Wildman–Crippen LogP) is -1.99. The van der Waals surface area contributed by atoms with Crippen LogP contribution in [0.3, 0.4) is 0 Å². The zero-order valence-electron chi connectivity index (χ0n) is 40.4. The molecule has 24 nitrogen and oxygen atoms in total. The SMILES string of the molecule is CCCOCCOCCNC(=O)C(CCCCNC(=O)COCCOCCOCCNC(=O)COCCOCCOC)NC(=O)COCCOCCOCCNC(=O)COCCOCCOC. The molecule has 0 aromatic carbocycles. The molecule has 0 fully saturated rings. The summed E-state index contributed by atoms with van der Waals surface area (Å²) in [5, 5.41) is 13.7. The molecule has 0 aliphatic heterocycles. The van der Waals surface area contributed by atoms with E-state index in [9.17, 15) is 24.0 Å². The van der Waals surface area contributed by atoms with Crippen LogP contribution in [0.2, 0.25) is 0 Å². The van der Waals surface area contributed by atoms with Gasteiger partial charge in [0.25, 0.3) is 0 Å². The van der Waals surface area contributed by atoms with Crippen molar-refractivity contribution in [1.29, 1.82) is 0 Å². The van der Waals surface area contributed by atoms with E-state index in [1.54, 1.807) is 14.2 Å². The topological polar surface area (TPSA) is 275 Å². The highest BCUT2D eigenvalue weighted by Gasteiger charge is 2.20. The van der Waals surface area contributed by atoms with E-state index in [4.69, 9.17) is 66.3 Å². The molecule has 0 aliphatic carbocycles. The largest absolute Gasteiger partial charge is 0.382 e. The second-order valence-electron chi connectivity index (χ2n) is 14.1. The minimum atomic E-state index is -0.821. The Hall–Kier alpha value is -3.21. The van der Waals surface area contributed by atoms with Crippen LogP contribution in [0, 0.1) is 0 Å². The van der Waals surface area contributed by atoms with Gasteiger partial charge in [0.1, 0.15) is 32.5 Å². The molecule has 0 radical (unpaired) electrons. The highest BCUT2D eigenvalue weighted by atomic mass is 16.6. The van der Waals surface area contributed by atoms with Crippen LogP contribution < -0.4 is 26.6 Å². The van der Waals surface area contributed by atoms with E-state index < -0.39 is 11.9 Å². The molecule has 0 saturated heterocycles. The molecule has 0 saturated carbocycles. The minimum Gasteiger partial charge on any atom is -0.382 e. The summed E-state index contributed by atoms with van der Waals surface area (Å²) in [5.41, 5.74) is 0. The maximum Gasteiger partial charge on any atom is 0.246 e. The maximum absolute atomic E-state index is 13.0. The van der Waals surface area contributed by atoms with E-state index in [0.29, 0.717) is 151 Å². The van der Waals surface area contributed by atoms with Gasteiger partial charge in [-0.15, -0.1) is 0 Å². The maximum atomic E-state index is 13.0. The summed E-state index contributed by atoms with van der Waals surface area (Å²) in [6.45, 7) is 10.7. The van der Waals surface area contributed by atoms with E-state index in [1.165, 1.54) is 0 Å². The standard InChI is InChI=1S/C43H83N5O19/c1-4-12-56-20-21-59-15-11-47-43(53)38(48-42(52)37-67-33-29-63-25-23-58-14-10-46-41(51)36-66-31-27-61-19-17-55-3)7-5-6-8-44-39(49)34-64-32-28-62-24-22-57-13-9-45-40(50)35-65-30-26-60-18-16-54-2/h38H,4-37H2,1-3H3,(H,44,49)(H,45,50)(H,46,51)(H,47,53)(H,48,52). The number of hydrogen-bond acceptors (Lipinski definition) is 19. The molecule has 0 heterocycles. The summed E-state index contributed by atoms with van der Waals surface area (Å²) >= 11 is 0.